The fraction of sp³-hybridized carbons (Fsp3) is 0.200. The Hall–Kier alpha value is -3.11. The summed E-state index contributed by atoms with van der Waals surface area (Å²) >= 11 is 12.6. The Morgan fingerprint density at radius 1 is 1.03 bits per heavy atom. The van der Waals surface area contributed by atoms with E-state index in [0.29, 0.717) is 22.6 Å². The Morgan fingerprint density at radius 3 is 2.31 bits per heavy atom. The summed E-state index contributed by atoms with van der Waals surface area (Å²) in [6.45, 7) is 1.12. The predicted octanol–water partition coefficient (Wildman–Crippen LogP) is 4.66. The molecule has 8 nitrogen and oxygen atoms in total. The van der Waals surface area contributed by atoms with Gasteiger partial charge in [-0.15, -0.1) is 0 Å². The van der Waals surface area contributed by atoms with Crippen molar-refractivity contribution in [3.05, 3.63) is 87.4 Å². The van der Waals surface area contributed by atoms with E-state index in [2.05, 4.69) is 10.5 Å². The number of carbonyl (C=O) groups is 1. The normalized spacial score (nSPS) is 11.6. The lowest BCUT2D eigenvalue weighted by Crippen LogP contribution is -2.39. The van der Waals surface area contributed by atoms with E-state index < -0.39 is 22.5 Å². The van der Waals surface area contributed by atoms with Crippen molar-refractivity contribution in [3.63, 3.8) is 0 Å². The first-order valence-corrected chi connectivity index (χ1v) is 12.9. The van der Waals surface area contributed by atoms with E-state index in [0.717, 1.165) is 9.87 Å². The van der Waals surface area contributed by atoms with E-state index in [4.69, 9.17) is 32.7 Å². The molecule has 0 aliphatic heterocycles. The molecule has 190 valence electrons. The molecular formula is C25H25Cl2N3O5S. The lowest BCUT2D eigenvalue weighted by atomic mass is 10.2. The summed E-state index contributed by atoms with van der Waals surface area (Å²) in [6, 6.07) is 16.3. The van der Waals surface area contributed by atoms with Gasteiger partial charge in [-0.2, -0.15) is 9.41 Å². The van der Waals surface area contributed by atoms with E-state index in [-0.39, 0.29) is 21.5 Å². The highest BCUT2D eigenvalue weighted by atomic mass is 35.5. The maximum atomic E-state index is 13.4. The van der Waals surface area contributed by atoms with Gasteiger partial charge in [0.05, 0.1) is 31.9 Å². The molecule has 0 saturated carbocycles. The zero-order valence-electron chi connectivity index (χ0n) is 19.9. The minimum absolute atomic E-state index is 0.0375. The molecule has 3 rings (SSSR count). The number of benzene rings is 3. The van der Waals surface area contributed by atoms with Crippen molar-refractivity contribution in [1.82, 2.24) is 9.73 Å². The summed E-state index contributed by atoms with van der Waals surface area (Å²) in [7, 11) is -1.04. The van der Waals surface area contributed by atoms with Gasteiger partial charge in [0, 0.05) is 33.8 Å². The second-order valence-corrected chi connectivity index (χ2v) is 10.4. The molecule has 11 heteroatoms. The first-order chi connectivity index (χ1) is 17.1. The molecule has 3 aromatic carbocycles. The van der Waals surface area contributed by atoms with E-state index in [1.165, 1.54) is 32.6 Å². The first-order valence-electron chi connectivity index (χ1n) is 10.7. The number of nitrogens with zero attached hydrogens (tertiary/aromatic N) is 2. The van der Waals surface area contributed by atoms with Crippen molar-refractivity contribution >= 4 is 45.3 Å². The monoisotopic (exact) mass is 549 g/mol. The highest BCUT2D eigenvalue weighted by Crippen LogP contribution is 2.28. The lowest BCUT2D eigenvalue weighted by molar-refractivity contribution is -0.121. The van der Waals surface area contributed by atoms with Gasteiger partial charge in [-0.1, -0.05) is 47.0 Å². The minimum atomic E-state index is -4.07. The molecule has 0 aliphatic carbocycles. The topological polar surface area (TPSA) is 97.3 Å². The number of carbonyl (C=O) groups excluding carboxylic acids is 1. The number of rotatable bonds is 10. The van der Waals surface area contributed by atoms with Gasteiger partial charge < -0.3 is 9.47 Å². The van der Waals surface area contributed by atoms with Crippen molar-refractivity contribution in [2.24, 2.45) is 5.10 Å². The van der Waals surface area contributed by atoms with E-state index in [1.807, 2.05) is 6.92 Å². The molecule has 3 aromatic rings. The number of hydrogen-bond acceptors (Lipinski definition) is 6. The van der Waals surface area contributed by atoms with Gasteiger partial charge in [-0.25, -0.2) is 13.8 Å². The molecule has 0 bridgehead atoms. The summed E-state index contributed by atoms with van der Waals surface area (Å²) < 4.78 is 38.3. The van der Waals surface area contributed by atoms with Crippen molar-refractivity contribution in [3.8, 4) is 11.5 Å². The van der Waals surface area contributed by atoms with Crippen LogP contribution in [-0.2, 0) is 21.4 Å². The van der Waals surface area contributed by atoms with Crippen LogP contribution in [0.25, 0.3) is 0 Å². The number of ether oxygens (including phenoxy) is 2. The molecule has 1 amide bonds. The average Bonchev–Trinajstić information content (AvgIpc) is 2.86. The molecular weight excluding hydrogens is 525 g/mol. The fourth-order valence-electron chi connectivity index (χ4n) is 3.24. The number of hydrazone groups is 1. The maximum Gasteiger partial charge on any atom is 0.255 e. The molecule has 0 unspecified atom stereocenters. The van der Waals surface area contributed by atoms with E-state index in [1.54, 1.807) is 48.5 Å². The van der Waals surface area contributed by atoms with Crippen molar-refractivity contribution in [2.45, 2.75) is 18.4 Å². The molecule has 0 atom stereocenters. The Bertz CT molecular complexity index is 1340. The fourth-order valence-corrected chi connectivity index (χ4v) is 5.12. The van der Waals surface area contributed by atoms with Crippen LogP contribution in [0.15, 0.2) is 70.7 Å². The van der Waals surface area contributed by atoms with Gasteiger partial charge >= 0.3 is 0 Å². The Balaban J connectivity index is 1.84. The second-order valence-electron chi connectivity index (χ2n) is 7.69. The predicted molar refractivity (Wildman–Crippen MR) is 141 cm³/mol. The van der Waals surface area contributed by atoms with Crippen LogP contribution >= 0.6 is 23.2 Å². The summed E-state index contributed by atoms with van der Waals surface area (Å²) in [4.78, 5) is 12.8. The first kappa shape index (κ1) is 27.5. The zero-order chi connectivity index (χ0) is 26.3. The number of nitrogens with one attached hydrogen (secondary N) is 1. The standard InChI is InChI=1S/C25H25Cl2N3O5S/c1-17-7-11-20(12-8-17)36(32,33)30(15-21-22(26)5-4-6-23(21)27)16-25(31)29-28-14-18-9-10-19(34-2)13-24(18)35-3/h4-14H,15-16H2,1-3H3,(H,29,31)/b28-14-. The third-order valence-electron chi connectivity index (χ3n) is 5.21. The number of aryl methyl sites for hydroxylation is 1. The molecule has 36 heavy (non-hydrogen) atoms. The van der Waals surface area contributed by atoms with Gasteiger partial charge in [-0.3, -0.25) is 4.79 Å². The zero-order valence-corrected chi connectivity index (χ0v) is 22.2. The van der Waals surface area contributed by atoms with Crippen LogP contribution in [-0.4, -0.2) is 45.6 Å². The average molecular weight is 550 g/mol. The number of methoxy groups -OCH3 is 2. The van der Waals surface area contributed by atoms with Crippen LogP contribution in [0, 0.1) is 6.92 Å². The SMILES string of the molecule is COc1ccc(/C=N\NC(=O)CN(Cc2c(Cl)cccc2Cl)S(=O)(=O)c2ccc(C)cc2)c(OC)c1. The number of amides is 1. The van der Waals surface area contributed by atoms with E-state index in [9.17, 15) is 13.2 Å². The Morgan fingerprint density at radius 2 is 1.69 bits per heavy atom. The van der Waals surface area contributed by atoms with Crippen molar-refractivity contribution in [2.75, 3.05) is 20.8 Å². The van der Waals surface area contributed by atoms with E-state index >= 15 is 0 Å². The smallest absolute Gasteiger partial charge is 0.255 e. The minimum Gasteiger partial charge on any atom is -0.497 e. The number of sulfonamides is 1. The number of hydrogen-bond donors (Lipinski definition) is 1. The van der Waals surface area contributed by atoms with Crippen LogP contribution in [0.2, 0.25) is 10.0 Å². The second kappa shape index (κ2) is 12.2. The molecule has 1 N–H and O–H groups in total. The lowest BCUT2D eigenvalue weighted by Gasteiger charge is -2.22. The third kappa shape index (κ3) is 6.76. The summed E-state index contributed by atoms with van der Waals surface area (Å²) in [5.41, 5.74) is 4.23. The molecule has 0 radical (unpaired) electrons. The maximum absolute atomic E-state index is 13.4. The number of halogens is 2. The molecule has 0 aliphatic rings. The van der Waals surface area contributed by atoms with Gasteiger partial charge in [0.25, 0.3) is 5.91 Å². The van der Waals surface area contributed by atoms with Crippen molar-refractivity contribution < 1.29 is 22.7 Å². The van der Waals surface area contributed by atoms with Crippen LogP contribution < -0.4 is 14.9 Å². The largest absolute Gasteiger partial charge is 0.497 e. The summed E-state index contributed by atoms with van der Waals surface area (Å²) in [5, 5.41) is 4.53. The summed E-state index contributed by atoms with van der Waals surface area (Å²) in [6.07, 6.45) is 1.39. The Kier molecular flexibility index (Phi) is 9.33. The molecule has 0 spiro atoms. The van der Waals surface area contributed by atoms with Crippen LogP contribution in [0.1, 0.15) is 16.7 Å². The van der Waals surface area contributed by atoms with Gasteiger partial charge in [0.1, 0.15) is 11.5 Å². The van der Waals surface area contributed by atoms with Crippen LogP contribution in [0.4, 0.5) is 0 Å². The van der Waals surface area contributed by atoms with Gasteiger partial charge in [-0.05, 0) is 43.3 Å². The van der Waals surface area contributed by atoms with Gasteiger partial charge in [0.2, 0.25) is 10.0 Å². The highest BCUT2D eigenvalue weighted by molar-refractivity contribution is 7.89. The van der Waals surface area contributed by atoms with Gasteiger partial charge in [0.15, 0.2) is 0 Å². The summed E-state index contributed by atoms with van der Waals surface area (Å²) in [5.74, 6) is 0.435. The quantitative estimate of drug-likeness (QED) is 0.293. The molecule has 0 aromatic heterocycles. The highest BCUT2D eigenvalue weighted by Gasteiger charge is 2.28. The third-order valence-corrected chi connectivity index (χ3v) is 7.72. The van der Waals surface area contributed by atoms with Crippen LogP contribution in [0.3, 0.4) is 0 Å². The Labute approximate surface area is 220 Å². The van der Waals surface area contributed by atoms with Crippen molar-refractivity contribution in [1.29, 1.82) is 0 Å². The molecule has 0 heterocycles. The molecule has 0 fully saturated rings. The molecule has 0 saturated heterocycles. The van der Waals surface area contributed by atoms with Crippen LogP contribution in [0.5, 0.6) is 11.5 Å².